The smallest absolute Gasteiger partial charge is 0.379 e. The van der Waals surface area contributed by atoms with E-state index in [9.17, 15) is 13.2 Å². The van der Waals surface area contributed by atoms with Crippen LogP contribution in [0.1, 0.15) is 22.5 Å². The predicted molar refractivity (Wildman–Crippen MR) is 112 cm³/mol. The molecular weight excluding hydrogens is 403 g/mol. The van der Waals surface area contributed by atoms with Crippen molar-refractivity contribution >= 4 is 10.9 Å². The minimum absolute atomic E-state index is 0.249. The van der Waals surface area contributed by atoms with E-state index >= 15 is 0 Å². The minimum atomic E-state index is -4.55. The standard InChI is InChI=1S/C24H20F3N3O/c1-15-9-17(7-8-18(15)16-10-28-22(29-11-16)24(25,26)27)23(13-31-14-23)20-12-30(2)21-6-4-3-5-19(20)21/h3-12H,13-14H2,1-2H3. The van der Waals surface area contributed by atoms with Crippen molar-refractivity contribution in [3.63, 3.8) is 0 Å². The first kappa shape index (κ1) is 19.8. The lowest BCUT2D eigenvalue weighted by molar-refractivity contribution is -0.144. The average Bonchev–Trinajstić information content (AvgIpc) is 3.04. The summed E-state index contributed by atoms with van der Waals surface area (Å²) < 4.78 is 46.1. The van der Waals surface area contributed by atoms with Gasteiger partial charge in [-0.25, -0.2) is 9.97 Å². The maximum atomic E-state index is 12.8. The van der Waals surface area contributed by atoms with Gasteiger partial charge in [-0.1, -0.05) is 36.4 Å². The van der Waals surface area contributed by atoms with Crippen LogP contribution in [-0.2, 0) is 23.4 Å². The molecule has 1 saturated heterocycles. The summed E-state index contributed by atoms with van der Waals surface area (Å²) in [5.74, 6) is -1.13. The van der Waals surface area contributed by atoms with Crippen molar-refractivity contribution in [1.82, 2.24) is 14.5 Å². The lowest BCUT2D eigenvalue weighted by Crippen LogP contribution is -2.47. The number of ether oxygens (including phenoxy) is 1. The molecule has 0 N–H and O–H groups in total. The van der Waals surface area contributed by atoms with E-state index in [1.165, 1.54) is 28.9 Å². The van der Waals surface area contributed by atoms with E-state index in [-0.39, 0.29) is 5.41 Å². The molecule has 0 aliphatic carbocycles. The first-order valence-corrected chi connectivity index (χ1v) is 9.93. The molecule has 5 rings (SSSR count). The molecule has 1 aliphatic rings. The third-order valence-electron chi connectivity index (χ3n) is 6.10. The monoisotopic (exact) mass is 423 g/mol. The Balaban J connectivity index is 1.56. The van der Waals surface area contributed by atoms with Crippen molar-refractivity contribution in [3.8, 4) is 11.1 Å². The van der Waals surface area contributed by atoms with Crippen LogP contribution in [0.5, 0.6) is 0 Å². The number of hydrogen-bond acceptors (Lipinski definition) is 3. The Morgan fingerprint density at radius 2 is 1.74 bits per heavy atom. The minimum Gasteiger partial charge on any atom is -0.379 e. The van der Waals surface area contributed by atoms with Gasteiger partial charge in [-0.15, -0.1) is 0 Å². The molecule has 0 saturated carbocycles. The molecule has 2 aromatic carbocycles. The van der Waals surface area contributed by atoms with Crippen molar-refractivity contribution in [1.29, 1.82) is 0 Å². The van der Waals surface area contributed by atoms with E-state index in [1.807, 2.05) is 38.2 Å². The summed E-state index contributed by atoms with van der Waals surface area (Å²) in [7, 11) is 2.04. The Morgan fingerprint density at radius 1 is 1.03 bits per heavy atom. The van der Waals surface area contributed by atoms with Crippen molar-refractivity contribution < 1.29 is 17.9 Å². The number of nitrogens with zero attached hydrogens (tertiary/aromatic N) is 3. The Bertz CT molecular complexity index is 1270. The largest absolute Gasteiger partial charge is 0.451 e. The van der Waals surface area contributed by atoms with Crippen LogP contribution in [0.25, 0.3) is 22.0 Å². The van der Waals surface area contributed by atoms with E-state index < -0.39 is 12.0 Å². The van der Waals surface area contributed by atoms with E-state index in [0.717, 1.165) is 16.7 Å². The lowest BCUT2D eigenvalue weighted by atomic mass is 9.72. The highest BCUT2D eigenvalue weighted by Gasteiger charge is 2.44. The molecule has 1 fully saturated rings. The van der Waals surface area contributed by atoms with Crippen LogP contribution in [0, 0.1) is 6.92 Å². The molecule has 0 unspecified atom stereocenters. The molecule has 1 aliphatic heterocycles. The van der Waals surface area contributed by atoms with Gasteiger partial charge >= 0.3 is 6.18 Å². The van der Waals surface area contributed by atoms with Gasteiger partial charge in [0.05, 0.1) is 18.6 Å². The van der Waals surface area contributed by atoms with Crippen LogP contribution >= 0.6 is 0 Å². The van der Waals surface area contributed by atoms with E-state index in [1.54, 1.807) is 0 Å². The second kappa shape index (κ2) is 6.92. The first-order valence-electron chi connectivity index (χ1n) is 9.93. The molecule has 7 heteroatoms. The predicted octanol–water partition coefficient (Wildman–Crippen LogP) is 5.28. The number of fused-ring (bicyclic) bond motifs is 1. The normalized spacial score (nSPS) is 15.8. The number of benzene rings is 2. The molecular formula is C24H20F3N3O. The molecule has 4 nitrogen and oxygen atoms in total. The Hall–Kier alpha value is -3.19. The maximum absolute atomic E-state index is 12.8. The Morgan fingerprint density at radius 3 is 2.35 bits per heavy atom. The van der Waals surface area contributed by atoms with Gasteiger partial charge in [-0.05, 0) is 35.2 Å². The third-order valence-corrected chi connectivity index (χ3v) is 6.10. The SMILES string of the molecule is Cc1cc(C2(c3cn(C)c4ccccc34)COC2)ccc1-c1cnc(C(F)(F)F)nc1. The molecule has 2 aromatic heterocycles. The summed E-state index contributed by atoms with van der Waals surface area (Å²) in [5.41, 5.74) is 5.59. The Labute approximate surface area is 177 Å². The molecule has 0 radical (unpaired) electrons. The number of para-hydroxylation sites is 1. The third kappa shape index (κ3) is 3.11. The van der Waals surface area contributed by atoms with Crippen LogP contribution < -0.4 is 0 Å². The van der Waals surface area contributed by atoms with Gasteiger partial charge in [0.2, 0.25) is 5.82 Å². The van der Waals surface area contributed by atoms with Crippen LogP contribution in [-0.4, -0.2) is 27.7 Å². The van der Waals surface area contributed by atoms with Crippen LogP contribution in [0.15, 0.2) is 61.1 Å². The highest BCUT2D eigenvalue weighted by Crippen LogP contribution is 2.44. The molecule has 31 heavy (non-hydrogen) atoms. The number of halogens is 3. The lowest BCUT2D eigenvalue weighted by Gasteiger charge is -2.42. The van der Waals surface area contributed by atoms with Crippen LogP contribution in [0.4, 0.5) is 13.2 Å². The highest BCUT2D eigenvalue weighted by molar-refractivity contribution is 5.86. The van der Waals surface area contributed by atoms with Crippen LogP contribution in [0.2, 0.25) is 0 Å². The number of hydrogen-bond donors (Lipinski definition) is 0. The van der Waals surface area contributed by atoms with E-state index in [2.05, 4.69) is 38.9 Å². The molecule has 0 bridgehead atoms. The molecule has 0 atom stereocenters. The maximum Gasteiger partial charge on any atom is 0.451 e. The fourth-order valence-electron chi connectivity index (χ4n) is 4.41. The number of alkyl halides is 3. The van der Waals surface area contributed by atoms with Gasteiger partial charge in [0, 0.05) is 42.1 Å². The summed E-state index contributed by atoms with van der Waals surface area (Å²) >= 11 is 0. The van der Waals surface area contributed by atoms with Gasteiger partial charge in [-0.2, -0.15) is 13.2 Å². The number of aryl methyl sites for hydroxylation is 2. The van der Waals surface area contributed by atoms with Crippen molar-refractivity contribution in [2.45, 2.75) is 18.5 Å². The molecule has 4 aromatic rings. The highest BCUT2D eigenvalue weighted by atomic mass is 19.4. The molecule has 3 heterocycles. The van der Waals surface area contributed by atoms with Gasteiger partial charge < -0.3 is 9.30 Å². The van der Waals surface area contributed by atoms with Crippen molar-refractivity contribution in [2.75, 3.05) is 13.2 Å². The molecule has 0 spiro atoms. The Kier molecular flexibility index (Phi) is 4.41. The summed E-state index contributed by atoms with van der Waals surface area (Å²) in [4.78, 5) is 6.98. The fourth-order valence-corrected chi connectivity index (χ4v) is 4.41. The van der Waals surface area contributed by atoms with Gasteiger partial charge in [0.15, 0.2) is 0 Å². The molecule has 158 valence electrons. The topological polar surface area (TPSA) is 39.9 Å². The zero-order valence-corrected chi connectivity index (χ0v) is 17.1. The fraction of sp³-hybridized carbons (Fsp3) is 0.250. The van der Waals surface area contributed by atoms with E-state index in [4.69, 9.17) is 4.74 Å². The summed E-state index contributed by atoms with van der Waals surface area (Å²) in [6.45, 7) is 3.12. The van der Waals surface area contributed by atoms with Gasteiger partial charge in [-0.3, -0.25) is 0 Å². The summed E-state index contributed by atoms with van der Waals surface area (Å²) in [6.07, 6.45) is 0.0716. The zero-order valence-electron chi connectivity index (χ0n) is 17.1. The van der Waals surface area contributed by atoms with Crippen LogP contribution in [0.3, 0.4) is 0 Å². The average molecular weight is 423 g/mol. The van der Waals surface area contributed by atoms with Crippen molar-refractivity contribution in [3.05, 3.63) is 83.6 Å². The molecule has 0 amide bonds. The van der Waals surface area contributed by atoms with Crippen molar-refractivity contribution in [2.24, 2.45) is 7.05 Å². The summed E-state index contributed by atoms with van der Waals surface area (Å²) in [5, 5.41) is 1.20. The quantitative estimate of drug-likeness (QED) is 0.450. The van der Waals surface area contributed by atoms with E-state index in [0.29, 0.717) is 18.8 Å². The number of rotatable bonds is 3. The number of aromatic nitrogens is 3. The second-order valence-electron chi connectivity index (χ2n) is 8.07. The summed E-state index contributed by atoms with van der Waals surface area (Å²) in [6, 6.07) is 14.4. The zero-order chi connectivity index (χ0) is 21.8. The second-order valence-corrected chi connectivity index (χ2v) is 8.07. The van der Waals surface area contributed by atoms with Gasteiger partial charge in [0.25, 0.3) is 0 Å². The first-order chi connectivity index (χ1) is 14.8. The van der Waals surface area contributed by atoms with Gasteiger partial charge in [0.1, 0.15) is 0 Å².